The molecule has 23 heavy (non-hydrogen) atoms. The van der Waals surface area contributed by atoms with Crippen LogP contribution in [0.25, 0.3) is 0 Å². The van der Waals surface area contributed by atoms with Crippen molar-refractivity contribution in [3.63, 3.8) is 0 Å². The maximum Gasteiger partial charge on any atom is 0.251 e. The molecule has 1 aliphatic heterocycles. The summed E-state index contributed by atoms with van der Waals surface area (Å²) in [6, 6.07) is 8.05. The Morgan fingerprint density at radius 1 is 1.17 bits per heavy atom. The number of hydrogen-bond acceptors (Lipinski definition) is 4. The molecule has 1 aromatic rings. The van der Waals surface area contributed by atoms with Crippen LogP contribution in [0.5, 0.6) is 5.75 Å². The number of hydrogen-bond donors (Lipinski definition) is 0. The lowest BCUT2D eigenvalue weighted by Gasteiger charge is -2.37. The molecule has 0 N–H and O–H groups in total. The van der Waals surface area contributed by atoms with E-state index in [1.165, 1.54) is 0 Å². The van der Waals surface area contributed by atoms with Gasteiger partial charge in [-0.15, -0.1) is 0 Å². The lowest BCUT2D eigenvalue weighted by Crippen LogP contribution is -2.51. The average Bonchev–Trinajstić information content (AvgIpc) is 2.59. The molecule has 1 aromatic carbocycles. The van der Waals surface area contributed by atoms with Crippen LogP contribution in [-0.2, 0) is 9.53 Å². The Kier molecular flexibility index (Phi) is 6.28. The van der Waals surface area contributed by atoms with Gasteiger partial charge in [0.05, 0.1) is 7.11 Å². The van der Waals surface area contributed by atoms with Gasteiger partial charge in [0.25, 0.3) is 5.91 Å². The molecule has 2 rings (SSSR count). The second-order valence-corrected chi connectivity index (χ2v) is 6.38. The molecule has 0 aromatic heterocycles. The topological polar surface area (TPSA) is 42.0 Å². The number of piperazine rings is 1. The average molecular weight is 320 g/mol. The summed E-state index contributed by atoms with van der Waals surface area (Å²) in [6.07, 6.45) is -0.360. The molecule has 5 nitrogen and oxygen atoms in total. The van der Waals surface area contributed by atoms with Crippen LogP contribution in [-0.4, -0.2) is 56.8 Å². The summed E-state index contributed by atoms with van der Waals surface area (Å²) >= 11 is 0. The maximum atomic E-state index is 12.4. The lowest BCUT2D eigenvalue weighted by molar-refractivity contribution is -0.143. The molecule has 128 valence electrons. The molecule has 0 radical (unpaired) electrons. The third-order valence-electron chi connectivity index (χ3n) is 4.04. The minimum atomic E-state index is -0.360. The van der Waals surface area contributed by atoms with Crippen molar-refractivity contribution in [2.75, 3.05) is 44.8 Å². The molecule has 0 unspecified atom stereocenters. The lowest BCUT2D eigenvalue weighted by atomic mass is 10.2. The standard InChI is InChI=1S/C18H28N2O3/c1-14(2)13-23-15(3)18(21)20-10-8-19(9-11-20)16-6-5-7-17(12-16)22-4/h5-7,12,14-15H,8-11,13H2,1-4H3/t15-/m0/s1. The summed E-state index contributed by atoms with van der Waals surface area (Å²) in [6.45, 7) is 9.76. The second kappa shape index (κ2) is 8.20. The van der Waals surface area contributed by atoms with Gasteiger partial charge in [-0.1, -0.05) is 19.9 Å². The molecule has 5 heteroatoms. The van der Waals surface area contributed by atoms with Gasteiger partial charge in [0.2, 0.25) is 0 Å². The minimum Gasteiger partial charge on any atom is -0.497 e. The van der Waals surface area contributed by atoms with E-state index in [4.69, 9.17) is 9.47 Å². The van der Waals surface area contributed by atoms with Crippen LogP contribution < -0.4 is 9.64 Å². The van der Waals surface area contributed by atoms with E-state index in [1.807, 2.05) is 30.0 Å². The van der Waals surface area contributed by atoms with Gasteiger partial charge in [0, 0.05) is 44.5 Å². The first-order valence-electron chi connectivity index (χ1n) is 8.30. The Bertz CT molecular complexity index is 511. The quantitative estimate of drug-likeness (QED) is 0.807. The number of ether oxygens (including phenoxy) is 2. The second-order valence-electron chi connectivity index (χ2n) is 6.38. The van der Waals surface area contributed by atoms with Gasteiger partial charge in [-0.25, -0.2) is 0 Å². The van der Waals surface area contributed by atoms with E-state index in [2.05, 4.69) is 24.8 Å². The van der Waals surface area contributed by atoms with Crippen LogP contribution in [0.15, 0.2) is 24.3 Å². The van der Waals surface area contributed by atoms with E-state index in [1.54, 1.807) is 7.11 Å². The summed E-state index contributed by atoms with van der Waals surface area (Å²) in [7, 11) is 1.67. The highest BCUT2D eigenvalue weighted by Gasteiger charge is 2.25. The molecule has 1 atom stereocenters. The SMILES string of the molecule is COc1cccc(N2CCN(C(=O)[C@H](C)OCC(C)C)CC2)c1. The van der Waals surface area contributed by atoms with E-state index < -0.39 is 0 Å². The fraction of sp³-hybridized carbons (Fsp3) is 0.611. The van der Waals surface area contributed by atoms with Crippen LogP contribution in [0.2, 0.25) is 0 Å². The maximum absolute atomic E-state index is 12.4. The normalized spacial score (nSPS) is 16.6. The van der Waals surface area contributed by atoms with Gasteiger partial charge < -0.3 is 19.3 Å². The first kappa shape index (κ1) is 17.6. The van der Waals surface area contributed by atoms with Crippen LogP contribution in [0.3, 0.4) is 0 Å². The van der Waals surface area contributed by atoms with E-state index >= 15 is 0 Å². The highest BCUT2D eigenvalue weighted by atomic mass is 16.5. The highest BCUT2D eigenvalue weighted by molar-refractivity contribution is 5.80. The smallest absolute Gasteiger partial charge is 0.251 e. The van der Waals surface area contributed by atoms with Gasteiger partial charge in [-0.3, -0.25) is 4.79 Å². The number of anilines is 1. The van der Waals surface area contributed by atoms with Crippen LogP contribution in [0, 0.1) is 5.92 Å². The number of benzene rings is 1. The summed E-state index contributed by atoms with van der Waals surface area (Å²) in [5.41, 5.74) is 1.14. The third-order valence-corrected chi connectivity index (χ3v) is 4.04. The zero-order valence-corrected chi connectivity index (χ0v) is 14.6. The molecular weight excluding hydrogens is 292 g/mol. The summed E-state index contributed by atoms with van der Waals surface area (Å²) in [4.78, 5) is 16.6. The Morgan fingerprint density at radius 3 is 2.48 bits per heavy atom. The largest absolute Gasteiger partial charge is 0.497 e. The number of carbonyl (C=O) groups excluding carboxylic acids is 1. The first-order chi connectivity index (χ1) is 11.0. The van der Waals surface area contributed by atoms with Gasteiger partial charge in [0.15, 0.2) is 0 Å². The predicted octanol–water partition coefficient (Wildman–Crippen LogP) is 2.40. The summed E-state index contributed by atoms with van der Waals surface area (Å²) in [5, 5.41) is 0. The third kappa shape index (κ3) is 4.86. The Labute approximate surface area is 139 Å². The number of nitrogens with zero attached hydrogens (tertiary/aromatic N) is 2. The summed E-state index contributed by atoms with van der Waals surface area (Å²) < 4.78 is 10.9. The Hall–Kier alpha value is -1.75. The van der Waals surface area contributed by atoms with Crippen molar-refractivity contribution in [3.8, 4) is 5.75 Å². The predicted molar refractivity (Wildman–Crippen MR) is 92.0 cm³/mol. The van der Waals surface area contributed by atoms with E-state index in [9.17, 15) is 4.79 Å². The molecular formula is C18H28N2O3. The molecule has 1 saturated heterocycles. The van der Waals surface area contributed by atoms with Crippen LogP contribution in [0.4, 0.5) is 5.69 Å². The van der Waals surface area contributed by atoms with Crippen LogP contribution >= 0.6 is 0 Å². The number of methoxy groups -OCH3 is 1. The monoisotopic (exact) mass is 320 g/mol. The zero-order chi connectivity index (χ0) is 16.8. The highest BCUT2D eigenvalue weighted by Crippen LogP contribution is 2.22. The van der Waals surface area contributed by atoms with E-state index in [0.29, 0.717) is 12.5 Å². The molecule has 0 bridgehead atoms. The zero-order valence-electron chi connectivity index (χ0n) is 14.6. The minimum absolute atomic E-state index is 0.0935. The van der Waals surface area contributed by atoms with Crippen molar-refractivity contribution in [2.24, 2.45) is 5.92 Å². The Balaban J connectivity index is 1.86. The van der Waals surface area contributed by atoms with Crippen molar-refractivity contribution in [2.45, 2.75) is 26.9 Å². The van der Waals surface area contributed by atoms with Crippen molar-refractivity contribution >= 4 is 11.6 Å². The summed E-state index contributed by atoms with van der Waals surface area (Å²) in [5.74, 6) is 1.39. The first-order valence-corrected chi connectivity index (χ1v) is 8.30. The molecule has 0 spiro atoms. The van der Waals surface area contributed by atoms with Crippen molar-refractivity contribution in [1.82, 2.24) is 4.90 Å². The number of carbonyl (C=O) groups is 1. The molecule has 1 fully saturated rings. The van der Waals surface area contributed by atoms with Crippen molar-refractivity contribution in [3.05, 3.63) is 24.3 Å². The molecule has 1 aliphatic rings. The molecule has 1 amide bonds. The van der Waals surface area contributed by atoms with Gasteiger partial charge in [-0.2, -0.15) is 0 Å². The molecule has 0 aliphatic carbocycles. The Morgan fingerprint density at radius 2 is 1.87 bits per heavy atom. The fourth-order valence-corrected chi connectivity index (χ4v) is 2.66. The van der Waals surface area contributed by atoms with E-state index in [0.717, 1.165) is 37.6 Å². The van der Waals surface area contributed by atoms with Crippen molar-refractivity contribution in [1.29, 1.82) is 0 Å². The van der Waals surface area contributed by atoms with Crippen molar-refractivity contribution < 1.29 is 14.3 Å². The van der Waals surface area contributed by atoms with E-state index in [-0.39, 0.29) is 12.0 Å². The van der Waals surface area contributed by atoms with Gasteiger partial charge >= 0.3 is 0 Å². The fourth-order valence-electron chi connectivity index (χ4n) is 2.66. The van der Waals surface area contributed by atoms with Gasteiger partial charge in [-0.05, 0) is 25.0 Å². The molecule has 0 saturated carbocycles. The van der Waals surface area contributed by atoms with Gasteiger partial charge in [0.1, 0.15) is 11.9 Å². The molecule has 1 heterocycles. The number of amides is 1. The van der Waals surface area contributed by atoms with Crippen LogP contribution in [0.1, 0.15) is 20.8 Å². The number of rotatable bonds is 6.